The number of fused-ring (bicyclic) bond motifs is 14. The smallest absolute Gasteiger partial charge is 0.312 e. The minimum absolute atomic E-state index is 0.0586. The zero-order valence-corrected chi connectivity index (χ0v) is 37.3. The average Bonchev–Trinajstić information content (AvgIpc) is 3.49. The maximum atomic E-state index is 14.5. The van der Waals surface area contributed by atoms with Gasteiger partial charge in [0.2, 0.25) is 0 Å². The van der Waals surface area contributed by atoms with Gasteiger partial charge in [0.05, 0.1) is 53.0 Å². The Morgan fingerprint density at radius 1 is 0.934 bits per heavy atom. The highest BCUT2D eigenvalue weighted by atomic mass is 16.7. The van der Waals surface area contributed by atoms with E-state index >= 15 is 0 Å². The third-order valence-corrected chi connectivity index (χ3v) is 11.9. The van der Waals surface area contributed by atoms with Crippen LogP contribution in [0.4, 0.5) is 5.69 Å². The molecule has 3 aliphatic rings. The topological polar surface area (TPSA) is 217 Å². The number of esters is 1. The lowest BCUT2D eigenvalue weighted by Gasteiger charge is -2.38. The first-order valence-corrected chi connectivity index (χ1v) is 21.1. The van der Waals surface area contributed by atoms with Crippen molar-refractivity contribution >= 4 is 40.3 Å². The van der Waals surface area contributed by atoms with Crippen LogP contribution in [0, 0.1) is 30.6 Å². The number of allylic oxidation sites excluding steroid dienone is 2. The number of methoxy groups -OCH3 is 1. The van der Waals surface area contributed by atoms with Gasteiger partial charge in [-0.1, -0.05) is 72.6 Å². The number of amides is 1. The summed E-state index contributed by atoms with van der Waals surface area (Å²) in [5.74, 6) is -8.32. The molecule has 2 aromatic rings. The number of phenols is 3. The predicted octanol–water partition coefficient (Wildman–Crippen LogP) is 6.99. The van der Waals surface area contributed by atoms with Crippen LogP contribution in [-0.4, -0.2) is 105 Å². The number of hydrogen-bond donors (Lipinski definition) is 6. The monoisotopic (exact) mass is 851 g/mol. The summed E-state index contributed by atoms with van der Waals surface area (Å²) >= 11 is 0. The number of phenolic OH excluding ortho intramolecular Hbond substituents is 3. The number of carbonyl (C=O) groups is 3. The molecule has 6 N–H and O–H groups in total. The maximum Gasteiger partial charge on any atom is 0.312 e. The number of nitrogens with one attached hydrogen (secondary N) is 1. The summed E-state index contributed by atoms with van der Waals surface area (Å²) in [5.41, 5.74) is -0.326. The molecule has 0 aromatic heterocycles. The fourth-order valence-corrected chi connectivity index (χ4v) is 7.92. The lowest BCUT2D eigenvalue weighted by Crippen LogP contribution is -2.46. The molecule has 0 aliphatic carbocycles. The molecule has 0 spiro atoms. The standard InChI is InChI=1S/C46H65N3O12/c1-12-14-20-49(21-15-13-2)47-23-31-36-41(55)34-33(40(31)54)35-43(29(8)39(34)53)61-46(10,44(35)56)59-22-19-32(58-11)26(5)42(60-30(9)50)28(7)38(52)27(6)37(51)24(3)17-16-18-25(4)45(57)48-36/h16-19,22-24,26-28,32,37-38,42,51-55H,12-15,20-21H2,1-11H3,(H,48,57)/t24-,26-,27+,28+,32-,37-,38+,42-,46-/m0/s1. The van der Waals surface area contributed by atoms with Crippen LogP contribution in [0.15, 0.2) is 41.2 Å². The third kappa shape index (κ3) is 10.3. The van der Waals surface area contributed by atoms with Crippen LogP contribution in [0.2, 0.25) is 0 Å². The van der Waals surface area contributed by atoms with Crippen LogP contribution < -0.4 is 10.1 Å². The minimum atomic E-state index is -2.05. The molecule has 15 nitrogen and oxygen atoms in total. The highest BCUT2D eigenvalue weighted by molar-refractivity contribution is 6.23. The highest BCUT2D eigenvalue weighted by Crippen LogP contribution is 2.55. The molecule has 0 saturated heterocycles. The normalized spacial score (nSPS) is 27.6. The van der Waals surface area contributed by atoms with Crippen LogP contribution >= 0.6 is 0 Å². The minimum Gasteiger partial charge on any atom is -0.507 e. The number of ether oxygens (including phenoxy) is 4. The molecule has 61 heavy (non-hydrogen) atoms. The van der Waals surface area contributed by atoms with E-state index in [0.717, 1.165) is 25.7 Å². The van der Waals surface area contributed by atoms with Crippen LogP contribution in [-0.2, 0) is 23.8 Å². The van der Waals surface area contributed by atoms with E-state index in [0.29, 0.717) is 13.1 Å². The summed E-state index contributed by atoms with van der Waals surface area (Å²) < 4.78 is 23.7. The second-order valence-electron chi connectivity index (χ2n) is 16.5. The van der Waals surface area contributed by atoms with Crippen LogP contribution in [0.25, 0.3) is 10.8 Å². The Kier molecular flexibility index (Phi) is 16.4. The van der Waals surface area contributed by atoms with E-state index in [1.807, 2.05) is 5.01 Å². The molecule has 3 aliphatic heterocycles. The van der Waals surface area contributed by atoms with Crippen molar-refractivity contribution < 1.29 is 58.9 Å². The van der Waals surface area contributed by atoms with Gasteiger partial charge >= 0.3 is 11.8 Å². The Morgan fingerprint density at radius 2 is 1.57 bits per heavy atom. The molecular weight excluding hydrogens is 787 g/mol. The molecule has 15 heteroatoms. The number of rotatable bonds is 10. The zero-order chi connectivity index (χ0) is 45.5. The number of carbonyl (C=O) groups excluding carboxylic acids is 3. The van der Waals surface area contributed by atoms with Gasteiger partial charge in [0.15, 0.2) is 5.75 Å². The van der Waals surface area contributed by atoms with E-state index in [1.165, 1.54) is 59.4 Å². The lowest BCUT2D eigenvalue weighted by molar-refractivity contribution is -0.160. The third-order valence-electron chi connectivity index (χ3n) is 11.9. The Morgan fingerprint density at radius 3 is 2.16 bits per heavy atom. The molecular formula is C46H65N3O12. The molecule has 0 fully saturated rings. The van der Waals surface area contributed by atoms with E-state index in [-0.39, 0.29) is 44.5 Å². The molecule has 9 atom stereocenters. The van der Waals surface area contributed by atoms with Crippen molar-refractivity contribution in [3.05, 3.63) is 52.8 Å². The summed E-state index contributed by atoms with van der Waals surface area (Å²) in [7, 11) is 1.44. The number of hydrazone groups is 1. The molecule has 336 valence electrons. The second-order valence-corrected chi connectivity index (χ2v) is 16.5. The number of hydrogen-bond acceptors (Lipinski definition) is 14. The zero-order valence-electron chi connectivity index (χ0n) is 37.3. The van der Waals surface area contributed by atoms with Crippen LogP contribution in [0.5, 0.6) is 23.0 Å². The van der Waals surface area contributed by atoms with Crippen molar-refractivity contribution in [1.82, 2.24) is 5.01 Å². The van der Waals surface area contributed by atoms with Gasteiger partial charge in [-0.25, -0.2) is 0 Å². The highest BCUT2D eigenvalue weighted by Gasteiger charge is 2.50. The second kappa shape index (κ2) is 20.6. The molecule has 5 rings (SSSR count). The van der Waals surface area contributed by atoms with Crippen LogP contribution in [0.1, 0.15) is 109 Å². The number of aromatic hydroxyl groups is 3. The van der Waals surface area contributed by atoms with Crippen molar-refractivity contribution in [3.63, 3.8) is 0 Å². The van der Waals surface area contributed by atoms with E-state index in [2.05, 4.69) is 24.3 Å². The van der Waals surface area contributed by atoms with Gasteiger partial charge in [-0.3, -0.25) is 19.4 Å². The quantitative estimate of drug-likeness (QED) is 0.0468. The number of anilines is 1. The number of benzene rings is 2. The molecule has 0 unspecified atom stereocenters. The summed E-state index contributed by atoms with van der Waals surface area (Å²) in [6.07, 6.45) is 8.39. The Balaban J connectivity index is 1.99. The summed E-state index contributed by atoms with van der Waals surface area (Å²) in [5, 5.41) is 67.3. The molecule has 2 aromatic carbocycles. The van der Waals surface area contributed by atoms with Crippen molar-refractivity contribution in [2.75, 3.05) is 25.5 Å². The van der Waals surface area contributed by atoms with Crippen molar-refractivity contribution in [2.24, 2.45) is 28.8 Å². The number of Topliss-reactive ketones (excluding diaryl/α,β-unsaturated/α-hetero) is 1. The Hall–Kier alpha value is -5.12. The SMILES string of the molecule is CCCCN(CCCC)N=Cc1c2c(O)c3c(O)c(C)c4c(c3c1O)C(=O)[C@@](C)(OC=C[C@H](OC)[C@H](C)[C@H](OC(C)=O)[C@H](C)[C@H](O)[C@H](C)[C@@H](O)[C@@H](C)C=CC=C(C)C(=O)N2)O4. The van der Waals surface area contributed by atoms with Gasteiger partial charge in [-0.2, -0.15) is 5.10 Å². The number of ketones is 1. The van der Waals surface area contributed by atoms with Gasteiger partial charge in [0.25, 0.3) is 11.7 Å². The fraction of sp³-hybridized carbons (Fsp3) is 0.565. The fourth-order valence-electron chi connectivity index (χ4n) is 7.92. The molecule has 0 saturated carbocycles. The first kappa shape index (κ1) is 48.5. The first-order valence-electron chi connectivity index (χ1n) is 21.1. The predicted molar refractivity (Wildman–Crippen MR) is 233 cm³/mol. The maximum absolute atomic E-state index is 14.5. The van der Waals surface area contributed by atoms with Crippen molar-refractivity contribution in [3.8, 4) is 23.0 Å². The summed E-state index contributed by atoms with van der Waals surface area (Å²) in [6, 6.07) is 0. The number of nitrogens with zero attached hydrogens (tertiary/aromatic N) is 2. The van der Waals surface area contributed by atoms with E-state index in [4.69, 9.17) is 18.9 Å². The van der Waals surface area contributed by atoms with Gasteiger partial charge in [0, 0.05) is 74.2 Å². The first-order chi connectivity index (χ1) is 28.8. The number of aliphatic hydroxyl groups is 2. The van der Waals surface area contributed by atoms with Gasteiger partial charge in [-0.15, -0.1) is 0 Å². The summed E-state index contributed by atoms with van der Waals surface area (Å²) in [4.78, 5) is 40.7. The average molecular weight is 852 g/mol. The van der Waals surface area contributed by atoms with Crippen molar-refractivity contribution in [2.45, 2.75) is 125 Å². The molecule has 3 heterocycles. The molecule has 1 amide bonds. The van der Waals surface area contributed by atoms with Gasteiger partial charge in [0.1, 0.15) is 23.4 Å². The Bertz CT molecular complexity index is 2050. The van der Waals surface area contributed by atoms with E-state index in [9.17, 15) is 39.9 Å². The lowest BCUT2D eigenvalue weighted by atomic mass is 9.78. The van der Waals surface area contributed by atoms with Crippen LogP contribution in [0.3, 0.4) is 0 Å². The van der Waals surface area contributed by atoms with Gasteiger partial charge < -0.3 is 49.8 Å². The number of unbranched alkanes of at least 4 members (excludes halogenated alkanes) is 2. The molecule has 0 radical (unpaired) electrons. The van der Waals surface area contributed by atoms with E-state index in [1.54, 1.807) is 39.8 Å². The van der Waals surface area contributed by atoms with E-state index < -0.39 is 88.8 Å². The van der Waals surface area contributed by atoms with Gasteiger partial charge in [-0.05, 0) is 32.8 Å². The van der Waals surface area contributed by atoms with Crippen molar-refractivity contribution in [1.29, 1.82) is 0 Å². The largest absolute Gasteiger partial charge is 0.507 e. The summed E-state index contributed by atoms with van der Waals surface area (Å²) in [6.45, 7) is 17.9. The number of aliphatic hydroxyl groups excluding tert-OH is 2. The molecule has 5 bridgehead atoms. The Labute approximate surface area is 358 Å².